The van der Waals surface area contributed by atoms with Gasteiger partial charge in [-0.1, -0.05) is 12.1 Å². The topological polar surface area (TPSA) is 21.3 Å². The Morgan fingerprint density at radius 2 is 1.80 bits per heavy atom. The maximum atomic E-state index is 13.6. The lowest BCUT2D eigenvalue weighted by Gasteiger charge is -2.17. The first kappa shape index (κ1) is 14.2. The molecule has 0 aliphatic heterocycles. The Bertz CT molecular complexity index is 616. The number of methoxy groups -OCH3 is 1. The van der Waals surface area contributed by atoms with E-state index in [4.69, 9.17) is 4.74 Å². The molecule has 0 fully saturated rings. The molecule has 0 amide bonds. The summed E-state index contributed by atoms with van der Waals surface area (Å²) < 4.78 is 44.7. The molecule has 0 aliphatic carbocycles. The van der Waals surface area contributed by atoms with Crippen molar-refractivity contribution in [2.75, 3.05) is 12.4 Å². The largest absolute Gasteiger partial charge is 0.497 e. The Morgan fingerprint density at radius 3 is 2.50 bits per heavy atom. The number of hydrogen-bond donors (Lipinski definition) is 1. The van der Waals surface area contributed by atoms with E-state index in [0.29, 0.717) is 5.75 Å². The van der Waals surface area contributed by atoms with E-state index < -0.39 is 17.5 Å². The second-order valence-corrected chi connectivity index (χ2v) is 4.37. The number of ether oxygens (including phenoxy) is 1. The van der Waals surface area contributed by atoms with Crippen LogP contribution in [0.1, 0.15) is 18.5 Å². The molecule has 1 unspecified atom stereocenters. The van der Waals surface area contributed by atoms with Crippen LogP contribution in [0.5, 0.6) is 5.75 Å². The van der Waals surface area contributed by atoms with Gasteiger partial charge in [-0.15, -0.1) is 0 Å². The highest BCUT2D eigenvalue weighted by Gasteiger charge is 2.15. The standard InChI is InChI=1S/C15H14F3NO/c1-9(10-4-3-5-11(8-10)20-2)19-13-7-6-12(16)14(17)15(13)18/h3-9,19H,1-2H3. The summed E-state index contributed by atoms with van der Waals surface area (Å²) in [4.78, 5) is 0. The van der Waals surface area contributed by atoms with E-state index in [1.165, 1.54) is 6.07 Å². The van der Waals surface area contributed by atoms with Crippen molar-refractivity contribution in [3.8, 4) is 5.75 Å². The van der Waals surface area contributed by atoms with E-state index in [-0.39, 0.29) is 11.7 Å². The molecular formula is C15H14F3NO. The minimum absolute atomic E-state index is 0.0841. The van der Waals surface area contributed by atoms with E-state index in [2.05, 4.69) is 5.32 Å². The fourth-order valence-corrected chi connectivity index (χ4v) is 1.86. The predicted molar refractivity (Wildman–Crippen MR) is 71.3 cm³/mol. The van der Waals surface area contributed by atoms with Crippen molar-refractivity contribution < 1.29 is 17.9 Å². The van der Waals surface area contributed by atoms with Crippen molar-refractivity contribution in [3.05, 3.63) is 59.4 Å². The van der Waals surface area contributed by atoms with Crippen molar-refractivity contribution in [2.45, 2.75) is 13.0 Å². The van der Waals surface area contributed by atoms with Crippen LogP contribution in [-0.4, -0.2) is 7.11 Å². The second-order valence-electron chi connectivity index (χ2n) is 4.37. The van der Waals surface area contributed by atoms with Crippen LogP contribution in [0, 0.1) is 17.5 Å². The van der Waals surface area contributed by atoms with Gasteiger partial charge in [0, 0.05) is 6.04 Å². The molecule has 2 aromatic carbocycles. The normalized spacial score (nSPS) is 12.1. The highest BCUT2D eigenvalue weighted by Crippen LogP contribution is 2.26. The van der Waals surface area contributed by atoms with Crippen molar-refractivity contribution >= 4 is 5.69 Å². The van der Waals surface area contributed by atoms with Gasteiger partial charge < -0.3 is 10.1 Å². The lowest BCUT2D eigenvalue weighted by molar-refractivity contribution is 0.414. The van der Waals surface area contributed by atoms with Crippen LogP contribution >= 0.6 is 0 Å². The molecule has 1 N–H and O–H groups in total. The van der Waals surface area contributed by atoms with Gasteiger partial charge in [-0.25, -0.2) is 13.2 Å². The van der Waals surface area contributed by atoms with Crippen LogP contribution in [0.15, 0.2) is 36.4 Å². The lowest BCUT2D eigenvalue weighted by Crippen LogP contribution is -2.09. The third-order valence-electron chi connectivity index (χ3n) is 3.00. The molecule has 0 heterocycles. The Hall–Kier alpha value is -2.17. The molecule has 2 rings (SSSR count). The average Bonchev–Trinajstić information content (AvgIpc) is 2.48. The molecule has 20 heavy (non-hydrogen) atoms. The second kappa shape index (κ2) is 5.86. The molecule has 1 atom stereocenters. The van der Waals surface area contributed by atoms with E-state index in [0.717, 1.165) is 11.6 Å². The summed E-state index contributed by atoms with van der Waals surface area (Å²) in [5.41, 5.74) is 0.757. The summed E-state index contributed by atoms with van der Waals surface area (Å²) in [6, 6.07) is 8.98. The molecule has 0 saturated carbocycles. The van der Waals surface area contributed by atoms with Crippen molar-refractivity contribution in [2.24, 2.45) is 0 Å². The van der Waals surface area contributed by atoms with Crippen molar-refractivity contribution in [1.29, 1.82) is 0 Å². The molecule has 0 radical (unpaired) electrons. The SMILES string of the molecule is COc1cccc(C(C)Nc2ccc(F)c(F)c2F)c1. The predicted octanol–water partition coefficient (Wildman–Crippen LogP) is 4.29. The van der Waals surface area contributed by atoms with Gasteiger partial charge in [0.05, 0.1) is 12.8 Å². The first-order chi connectivity index (χ1) is 9.52. The quantitative estimate of drug-likeness (QED) is 0.844. The van der Waals surface area contributed by atoms with Gasteiger partial charge >= 0.3 is 0 Å². The zero-order chi connectivity index (χ0) is 14.7. The smallest absolute Gasteiger partial charge is 0.196 e. The summed E-state index contributed by atoms with van der Waals surface area (Å²) in [7, 11) is 1.55. The zero-order valence-electron chi connectivity index (χ0n) is 11.1. The van der Waals surface area contributed by atoms with Crippen LogP contribution in [0.25, 0.3) is 0 Å². The highest BCUT2D eigenvalue weighted by atomic mass is 19.2. The van der Waals surface area contributed by atoms with Gasteiger partial charge in [0.1, 0.15) is 5.75 Å². The minimum atomic E-state index is -1.48. The fraction of sp³-hybridized carbons (Fsp3) is 0.200. The van der Waals surface area contributed by atoms with Gasteiger partial charge in [-0.3, -0.25) is 0 Å². The summed E-state index contributed by atoms with van der Waals surface area (Å²) in [5, 5.41) is 2.81. The van der Waals surface area contributed by atoms with Gasteiger partial charge in [-0.05, 0) is 36.8 Å². The average molecular weight is 281 g/mol. The first-order valence-electron chi connectivity index (χ1n) is 6.07. The molecule has 0 bridgehead atoms. The molecular weight excluding hydrogens is 267 g/mol. The molecule has 5 heteroatoms. The number of halogens is 3. The third kappa shape index (κ3) is 2.87. The minimum Gasteiger partial charge on any atom is -0.497 e. The van der Waals surface area contributed by atoms with E-state index in [9.17, 15) is 13.2 Å². The van der Waals surface area contributed by atoms with Crippen molar-refractivity contribution in [3.63, 3.8) is 0 Å². The Kier molecular flexibility index (Phi) is 4.17. The first-order valence-corrected chi connectivity index (χ1v) is 6.07. The number of anilines is 1. The number of rotatable bonds is 4. The Balaban J connectivity index is 2.23. The van der Waals surface area contributed by atoms with Gasteiger partial charge in [0.25, 0.3) is 0 Å². The molecule has 2 aromatic rings. The Labute approximate surface area is 115 Å². The van der Waals surface area contributed by atoms with E-state index >= 15 is 0 Å². The molecule has 106 valence electrons. The number of nitrogens with one attached hydrogen (secondary N) is 1. The summed E-state index contributed by atoms with van der Waals surface area (Å²) in [6.45, 7) is 1.79. The van der Waals surface area contributed by atoms with Crippen molar-refractivity contribution in [1.82, 2.24) is 0 Å². The Morgan fingerprint density at radius 1 is 1.05 bits per heavy atom. The molecule has 2 nitrogen and oxygen atoms in total. The van der Waals surface area contributed by atoms with Crippen LogP contribution in [0.2, 0.25) is 0 Å². The van der Waals surface area contributed by atoms with E-state index in [1.807, 2.05) is 6.07 Å². The van der Waals surface area contributed by atoms with Crippen LogP contribution < -0.4 is 10.1 Å². The summed E-state index contributed by atoms with van der Waals surface area (Å²) in [6.07, 6.45) is 0. The number of benzene rings is 2. The monoisotopic (exact) mass is 281 g/mol. The third-order valence-corrected chi connectivity index (χ3v) is 3.00. The van der Waals surface area contributed by atoms with Crippen LogP contribution in [0.3, 0.4) is 0 Å². The lowest BCUT2D eigenvalue weighted by atomic mass is 10.1. The summed E-state index contributed by atoms with van der Waals surface area (Å²) in [5.74, 6) is -3.24. The van der Waals surface area contributed by atoms with Gasteiger partial charge in [0.2, 0.25) is 0 Å². The fourth-order valence-electron chi connectivity index (χ4n) is 1.86. The van der Waals surface area contributed by atoms with Crippen LogP contribution in [-0.2, 0) is 0 Å². The van der Waals surface area contributed by atoms with E-state index in [1.54, 1.807) is 32.2 Å². The highest BCUT2D eigenvalue weighted by molar-refractivity contribution is 5.48. The summed E-state index contributed by atoms with van der Waals surface area (Å²) >= 11 is 0. The van der Waals surface area contributed by atoms with Gasteiger partial charge in [-0.2, -0.15) is 0 Å². The number of hydrogen-bond acceptors (Lipinski definition) is 2. The molecule has 0 aliphatic rings. The maximum absolute atomic E-state index is 13.6. The van der Waals surface area contributed by atoms with Gasteiger partial charge in [0.15, 0.2) is 17.5 Å². The maximum Gasteiger partial charge on any atom is 0.196 e. The zero-order valence-corrected chi connectivity index (χ0v) is 11.1. The van der Waals surface area contributed by atoms with Crippen LogP contribution in [0.4, 0.5) is 18.9 Å². The molecule has 0 saturated heterocycles. The molecule has 0 spiro atoms. The molecule has 0 aromatic heterocycles.